The molecule has 2 aromatic rings. The van der Waals surface area contributed by atoms with Crippen LogP contribution in [0, 0.1) is 5.92 Å². The average Bonchev–Trinajstić information content (AvgIpc) is 3.09. The van der Waals surface area contributed by atoms with Crippen molar-refractivity contribution in [3.05, 3.63) is 33.7 Å². The molecule has 1 aliphatic carbocycles. The number of benzene rings is 1. The van der Waals surface area contributed by atoms with Crippen molar-refractivity contribution in [1.29, 1.82) is 0 Å². The van der Waals surface area contributed by atoms with Crippen LogP contribution >= 0.6 is 11.3 Å². The zero-order valence-electron chi connectivity index (χ0n) is 17.1. The van der Waals surface area contributed by atoms with Gasteiger partial charge in [-0.15, -0.1) is 11.3 Å². The van der Waals surface area contributed by atoms with Crippen LogP contribution in [0.4, 0.5) is 5.00 Å². The number of hydrogen-bond acceptors (Lipinski definition) is 6. The zero-order chi connectivity index (χ0) is 21.1. The van der Waals surface area contributed by atoms with Crippen molar-refractivity contribution in [2.45, 2.75) is 32.6 Å². The molecule has 0 saturated carbocycles. The van der Waals surface area contributed by atoms with Crippen molar-refractivity contribution in [2.75, 3.05) is 26.6 Å². The van der Waals surface area contributed by atoms with Crippen LogP contribution in [-0.4, -0.2) is 33.1 Å². The Morgan fingerprint density at radius 1 is 1.17 bits per heavy atom. The summed E-state index contributed by atoms with van der Waals surface area (Å²) in [6.45, 7) is 2.17. The summed E-state index contributed by atoms with van der Waals surface area (Å²) in [4.78, 5) is 26.2. The van der Waals surface area contributed by atoms with Crippen molar-refractivity contribution in [1.82, 2.24) is 0 Å². The molecule has 1 aromatic heterocycles. The second kappa shape index (κ2) is 8.73. The van der Waals surface area contributed by atoms with Crippen LogP contribution < -0.4 is 25.3 Å². The highest BCUT2D eigenvalue weighted by Gasteiger charge is 2.28. The lowest BCUT2D eigenvalue weighted by Crippen LogP contribution is -2.20. The smallest absolute Gasteiger partial charge is 0.256 e. The van der Waals surface area contributed by atoms with E-state index in [1.54, 1.807) is 12.1 Å². The number of hydrogen-bond donors (Lipinski definition) is 2. The first kappa shape index (κ1) is 21.0. The second-order valence-electron chi connectivity index (χ2n) is 6.96. The van der Waals surface area contributed by atoms with Crippen LogP contribution in [0.5, 0.6) is 17.2 Å². The summed E-state index contributed by atoms with van der Waals surface area (Å²) in [5.41, 5.74) is 7.39. The topological polar surface area (TPSA) is 99.9 Å². The number of anilines is 1. The SMILES string of the molecule is CCC1CCc2c(sc(NC(=O)c3cc(OC)c(OC)c(OC)c3)c2C(N)=O)C1. The van der Waals surface area contributed by atoms with Crippen molar-refractivity contribution in [3.8, 4) is 17.2 Å². The predicted molar refractivity (Wildman–Crippen MR) is 113 cm³/mol. The van der Waals surface area contributed by atoms with Gasteiger partial charge in [-0.1, -0.05) is 13.3 Å². The van der Waals surface area contributed by atoms with Gasteiger partial charge < -0.3 is 25.3 Å². The first-order chi connectivity index (χ1) is 13.9. The normalized spacial score (nSPS) is 15.4. The summed E-state index contributed by atoms with van der Waals surface area (Å²) in [6.07, 6.45) is 3.84. The second-order valence-corrected chi connectivity index (χ2v) is 8.06. The number of amides is 2. The van der Waals surface area contributed by atoms with E-state index in [0.29, 0.717) is 39.3 Å². The Labute approximate surface area is 174 Å². The van der Waals surface area contributed by atoms with E-state index in [9.17, 15) is 9.59 Å². The Bertz CT molecular complexity index is 912. The van der Waals surface area contributed by atoms with Crippen molar-refractivity contribution in [3.63, 3.8) is 0 Å². The number of rotatable bonds is 7. The van der Waals surface area contributed by atoms with E-state index < -0.39 is 5.91 Å². The van der Waals surface area contributed by atoms with E-state index in [4.69, 9.17) is 19.9 Å². The van der Waals surface area contributed by atoms with E-state index >= 15 is 0 Å². The maximum atomic E-state index is 12.9. The van der Waals surface area contributed by atoms with Gasteiger partial charge in [-0.05, 0) is 42.9 Å². The first-order valence-corrected chi connectivity index (χ1v) is 10.3. The van der Waals surface area contributed by atoms with Gasteiger partial charge in [0.2, 0.25) is 5.75 Å². The molecule has 3 rings (SSSR count). The Morgan fingerprint density at radius 3 is 2.34 bits per heavy atom. The molecule has 29 heavy (non-hydrogen) atoms. The molecule has 0 bridgehead atoms. The van der Waals surface area contributed by atoms with Crippen LogP contribution in [-0.2, 0) is 12.8 Å². The van der Waals surface area contributed by atoms with Crippen LogP contribution in [0.25, 0.3) is 0 Å². The van der Waals surface area contributed by atoms with Gasteiger partial charge in [0.25, 0.3) is 11.8 Å². The summed E-state index contributed by atoms with van der Waals surface area (Å²) >= 11 is 1.44. The number of ether oxygens (including phenoxy) is 3. The third-order valence-electron chi connectivity index (χ3n) is 5.35. The average molecular weight is 419 g/mol. The molecule has 0 aliphatic heterocycles. The van der Waals surface area contributed by atoms with Gasteiger partial charge in [-0.2, -0.15) is 0 Å². The van der Waals surface area contributed by atoms with Crippen LogP contribution in [0.15, 0.2) is 12.1 Å². The lowest BCUT2D eigenvalue weighted by atomic mass is 9.85. The van der Waals surface area contributed by atoms with Crippen molar-refractivity contribution >= 4 is 28.2 Å². The van der Waals surface area contributed by atoms with Gasteiger partial charge in [-0.25, -0.2) is 0 Å². The predicted octanol–water partition coefficient (Wildman–Crippen LogP) is 3.64. The highest BCUT2D eigenvalue weighted by Crippen LogP contribution is 2.41. The third kappa shape index (κ3) is 4.03. The number of carbonyl (C=O) groups excluding carboxylic acids is 2. The molecule has 8 heteroatoms. The Morgan fingerprint density at radius 2 is 1.83 bits per heavy atom. The van der Waals surface area contributed by atoms with Gasteiger partial charge in [0.15, 0.2) is 11.5 Å². The van der Waals surface area contributed by atoms with Gasteiger partial charge in [0.05, 0.1) is 26.9 Å². The summed E-state index contributed by atoms with van der Waals surface area (Å²) < 4.78 is 15.9. The van der Waals surface area contributed by atoms with E-state index in [1.807, 2.05) is 0 Å². The fraction of sp³-hybridized carbons (Fsp3) is 0.429. The number of methoxy groups -OCH3 is 3. The van der Waals surface area contributed by atoms with E-state index in [1.165, 1.54) is 32.7 Å². The molecule has 1 aliphatic rings. The van der Waals surface area contributed by atoms with E-state index in [2.05, 4.69) is 12.2 Å². The van der Waals surface area contributed by atoms with Crippen LogP contribution in [0.3, 0.4) is 0 Å². The van der Waals surface area contributed by atoms with Gasteiger partial charge in [0.1, 0.15) is 5.00 Å². The maximum Gasteiger partial charge on any atom is 0.256 e. The minimum absolute atomic E-state index is 0.327. The third-order valence-corrected chi connectivity index (χ3v) is 6.51. The lowest BCUT2D eigenvalue weighted by Gasteiger charge is -2.20. The quantitative estimate of drug-likeness (QED) is 0.715. The molecule has 1 aromatic carbocycles. The Kier molecular flexibility index (Phi) is 6.32. The molecule has 1 atom stereocenters. The number of nitrogens with one attached hydrogen (secondary N) is 1. The number of primary amides is 1. The fourth-order valence-corrected chi connectivity index (χ4v) is 5.10. The van der Waals surface area contributed by atoms with Gasteiger partial charge in [0, 0.05) is 10.4 Å². The summed E-state index contributed by atoms with van der Waals surface area (Å²) in [5.74, 6) is 0.865. The number of carbonyl (C=O) groups is 2. The molecule has 0 saturated heterocycles. The van der Waals surface area contributed by atoms with Crippen LogP contribution in [0.1, 0.15) is 50.9 Å². The van der Waals surface area contributed by atoms with E-state index in [0.717, 1.165) is 36.1 Å². The molecule has 0 fully saturated rings. The molecular weight excluding hydrogens is 392 g/mol. The molecule has 2 amide bonds. The Hall–Kier alpha value is -2.74. The zero-order valence-corrected chi connectivity index (χ0v) is 17.9. The molecule has 7 nitrogen and oxygen atoms in total. The van der Waals surface area contributed by atoms with Crippen molar-refractivity contribution in [2.24, 2.45) is 11.7 Å². The molecule has 0 radical (unpaired) electrons. The first-order valence-electron chi connectivity index (χ1n) is 9.49. The largest absolute Gasteiger partial charge is 0.493 e. The summed E-state index contributed by atoms with van der Waals surface area (Å²) in [6, 6.07) is 3.14. The number of fused-ring (bicyclic) bond motifs is 1. The molecule has 3 N–H and O–H groups in total. The van der Waals surface area contributed by atoms with Gasteiger partial charge >= 0.3 is 0 Å². The maximum absolute atomic E-state index is 12.9. The lowest BCUT2D eigenvalue weighted by molar-refractivity contribution is 0.1000. The van der Waals surface area contributed by atoms with E-state index in [-0.39, 0.29) is 5.91 Å². The fourth-order valence-electron chi connectivity index (χ4n) is 3.74. The molecule has 156 valence electrons. The Balaban J connectivity index is 1.95. The molecule has 1 unspecified atom stereocenters. The van der Waals surface area contributed by atoms with Crippen molar-refractivity contribution < 1.29 is 23.8 Å². The molecule has 1 heterocycles. The minimum Gasteiger partial charge on any atom is -0.493 e. The summed E-state index contributed by atoms with van der Waals surface area (Å²) in [7, 11) is 4.47. The van der Waals surface area contributed by atoms with Gasteiger partial charge in [-0.3, -0.25) is 9.59 Å². The number of nitrogens with two attached hydrogens (primary N) is 1. The highest BCUT2D eigenvalue weighted by atomic mass is 32.1. The minimum atomic E-state index is -0.516. The standard InChI is InChI=1S/C21H26N2O5S/c1-5-11-6-7-13-16(8-11)29-21(17(13)19(22)24)23-20(25)12-9-14(26-2)18(28-4)15(10-12)27-3/h9-11H,5-8H2,1-4H3,(H2,22,24)(H,23,25). The highest BCUT2D eigenvalue weighted by molar-refractivity contribution is 7.17. The molecule has 0 spiro atoms. The number of thiophene rings is 1. The molecular formula is C21H26N2O5S. The van der Waals surface area contributed by atoms with Crippen LogP contribution in [0.2, 0.25) is 0 Å². The summed E-state index contributed by atoms with van der Waals surface area (Å²) in [5, 5.41) is 3.36. The monoisotopic (exact) mass is 418 g/mol.